The smallest absolute Gasteiger partial charge is 0.341 e. The van der Waals surface area contributed by atoms with Crippen LogP contribution in [0.2, 0.25) is 0 Å². The van der Waals surface area contributed by atoms with Crippen LogP contribution >= 0.6 is 11.3 Å². The highest BCUT2D eigenvalue weighted by molar-refractivity contribution is 7.09. The second-order valence-electron chi connectivity index (χ2n) is 6.64. The van der Waals surface area contributed by atoms with Crippen molar-refractivity contribution < 1.29 is 9.53 Å². The fourth-order valence-electron chi connectivity index (χ4n) is 2.98. The molecule has 0 amide bonds. The minimum atomic E-state index is -0.357. The molecule has 0 unspecified atom stereocenters. The average Bonchev–Trinajstić information content (AvgIpc) is 3.44. The number of aromatic nitrogens is 3. The third kappa shape index (κ3) is 4.90. The van der Waals surface area contributed by atoms with E-state index in [-0.39, 0.29) is 5.97 Å². The van der Waals surface area contributed by atoms with Gasteiger partial charge in [0.2, 0.25) is 0 Å². The van der Waals surface area contributed by atoms with Crippen molar-refractivity contribution >= 4 is 29.5 Å². The van der Waals surface area contributed by atoms with Crippen molar-refractivity contribution in [3.8, 4) is 11.3 Å². The van der Waals surface area contributed by atoms with Gasteiger partial charge in [-0.3, -0.25) is 4.68 Å². The summed E-state index contributed by atoms with van der Waals surface area (Å²) in [6.07, 6.45) is 7.42. The zero-order valence-corrected chi connectivity index (χ0v) is 17.4. The summed E-state index contributed by atoms with van der Waals surface area (Å²) in [4.78, 5) is 16.5. The SMILES string of the molecule is CCOC(=O)c1cnn(Cc2nc(-c3cccc(/C=C/c4ccccc4)c3)cs2)c1. The Labute approximate surface area is 179 Å². The monoisotopic (exact) mass is 415 g/mol. The molecule has 0 atom stereocenters. The molecule has 0 aliphatic carbocycles. The predicted octanol–water partition coefficient (Wildman–Crippen LogP) is 5.40. The minimum absolute atomic E-state index is 0.347. The maximum atomic E-state index is 11.8. The number of hydrogen-bond donors (Lipinski definition) is 0. The van der Waals surface area contributed by atoms with Crippen LogP contribution in [-0.2, 0) is 11.3 Å². The summed E-state index contributed by atoms with van der Waals surface area (Å²) >= 11 is 1.58. The topological polar surface area (TPSA) is 57.0 Å². The van der Waals surface area contributed by atoms with Crippen molar-refractivity contribution in [1.82, 2.24) is 14.8 Å². The number of carbonyl (C=O) groups excluding carboxylic acids is 1. The van der Waals surface area contributed by atoms with Gasteiger partial charge in [-0.1, -0.05) is 60.7 Å². The van der Waals surface area contributed by atoms with Gasteiger partial charge in [0.05, 0.1) is 30.6 Å². The van der Waals surface area contributed by atoms with Crippen molar-refractivity contribution in [2.75, 3.05) is 6.61 Å². The van der Waals surface area contributed by atoms with E-state index in [0.717, 1.165) is 21.8 Å². The van der Waals surface area contributed by atoms with Gasteiger partial charge < -0.3 is 4.74 Å². The van der Waals surface area contributed by atoms with Crippen LogP contribution in [0.1, 0.15) is 33.4 Å². The quantitative estimate of drug-likeness (QED) is 0.299. The lowest BCUT2D eigenvalue weighted by Gasteiger charge is -2.00. The van der Waals surface area contributed by atoms with Gasteiger partial charge >= 0.3 is 5.97 Å². The van der Waals surface area contributed by atoms with Gasteiger partial charge in [0.1, 0.15) is 5.01 Å². The van der Waals surface area contributed by atoms with Crippen LogP contribution in [0, 0.1) is 0 Å². The Hall–Kier alpha value is -3.51. The number of nitrogens with zero attached hydrogens (tertiary/aromatic N) is 3. The van der Waals surface area contributed by atoms with Crippen LogP contribution in [0.4, 0.5) is 0 Å². The predicted molar refractivity (Wildman–Crippen MR) is 120 cm³/mol. The summed E-state index contributed by atoms with van der Waals surface area (Å²) < 4.78 is 6.70. The Morgan fingerprint density at radius 2 is 1.90 bits per heavy atom. The Morgan fingerprint density at radius 3 is 2.73 bits per heavy atom. The van der Waals surface area contributed by atoms with Crippen molar-refractivity contribution in [3.05, 3.63) is 94.1 Å². The van der Waals surface area contributed by atoms with Crippen LogP contribution in [0.25, 0.3) is 23.4 Å². The van der Waals surface area contributed by atoms with Gasteiger partial charge in [-0.25, -0.2) is 9.78 Å². The molecule has 150 valence electrons. The molecule has 0 aliphatic heterocycles. The maximum Gasteiger partial charge on any atom is 0.341 e. The Kier molecular flexibility index (Phi) is 6.15. The first-order chi connectivity index (χ1) is 14.7. The highest BCUT2D eigenvalue weighted by Crippen LogP contribution is 2.24. The molecule has 0 saturated heterocycles. The molecule has 0 spiro atoms. The van der Waals surface area contributed by atoms with Gasteiger partial charge in [-0.05, 0) is 24.1 Å². The highest BCUT2D eigenvalue weighted by atomic mass is 32.1. The van der Waals surface area contributed by atoms with Crippen LogP contribution in [-0.4, -0.2) is 27.3 Å². The Balaban J connectivity index is 1.46. The van der Waals surface area contributed by atoms with E-state index in [9.17, 15) is 4.79 Å². The molecule has 0 N–H and O–H groups in total. The number of carbonyl (C=O) groups is 1. The van der Waals surface area contributed by atoms with Gasteiger partial charge in [0.25, 0.3) is 0 Å². The van der Waals surface area contributed by atoms with Gasteiger partial charge in [0.15, 0.2) is 0 Å². The summed E-state index contributed by atoms with van der Waals surface area (Å²) in [6.45, 7) is 2.64. The summed E-state index contributed by atoms with van der Waals surface area (Å²) in [7, 11) is 0. The van der Waals surface area contributed by atoms with Gasteiger partial charge in [-0.2, -0.15) is 5.10 Å². The molecule has 0 bridgehead atoms. The second-order valence-corrected chi connectivity index (χ2v) is 7.59. The molecule has 2 heterocycles. The van der Waals surface area contributed by atoms with Crippen molar-refractivity contribution in [2.24, 2.45) is 0 Å². The fourth-order valence-corrected chi connectivity index (χ4v) is 3.78. The summed E-state index contributed by atoms with van der Waals surface area (Å²) in [5.41, 5.74) is 4.74. The molecule has 0 radical (unpaired) electrons. The molecule has 0 aliphatic rings. The van der Waals surface area contributed by atoms with Gasteiger partial charge in [-0.15, -0.1) is 11.3 Å². The van der Waals surface area contributed by atoms with E-state index in [2.05, 4.69) is 47.6 Å². The molecule has 5 nitrogen and oxygen atoms in total. The van der Waals surface area contributed by atoms with E-state index in [1.54, 1.807) is 29.1 Å². The van der Waals surface area contributed by atoms with E-state index >= 15 is 0 Å². The second kappa shape index (κ2) is 9.33. The van der Waals surface area contributed by atoms with Crippen LogP contribution in [0.15, 0.2) is 72.4 Å². The molecule has 30 heavy (non-hydrogen) atoms. The standard InChI is InChI=1S/C24H21N3O2S/c1-2-29-24(28)21-14-25-27(15-21)16-23-26-22(17-30-23)20-10-6-9-19(13-20)12-11-18-7-4-3-5-8-18/h3-15,17H,2,16H2,1H3/b12-11+. The number of hydrogen-bond acceptors (Lipinski definition) is 5. The molecular weight excluding hydrogens is 394 g/mol. The van der Waals surface area contributed by atoms with Crippen molar-refractivity contribution in [3.63, 3.8) is 0 Å². The molecular formula is C24H21N3O2S. The molecule has 2 aromatic heterocycles. The molecule has 0 fully saturated rings. The summed E-state index contributed by atoms with van der Waals surface area (Å²) in [5, 5.41) is 7.21. The third-order valence-electron chi connectivity index (χ3n) is 4.44. The first kappa shape index (κ1) is 19.8. The van der Waals surface area contributed by atoms with E-state index < -0.39 is 0 Å². The molecule has 6 heteroatoms. The number of rotatable bonds is 7. The third-order valence-corrected chi connectivity index (χ3v) is 5.28. The van der Waals surface area contributed by atoms with E-state index in [1.807, 2.05) is 29.6 Å². The Morgan fingerprint density at radius 1 is 1.10 bits per heavy atom. The molecule has 4 rings (SSSR count). The molecule has 0 saturated carbocycles. The van der Waals surface area contributed by atoms with Crippen LogP contribution in [0.3, 0.4) is 0 Å². The normalized spacial score (nSPS) is 11.1. The summed E-state index contributed by atoms with van der Waals surface area (Å²) in [5.74, 6) is -0.357. The number of benzene rings is 2. The summed E-state index contributed by atoms with van der Waals surface area (Å²) in [6, 6.07) is 18.5. The lowest BCUT2D eigenvalue weighted by molar-refractivity contribution is 0.0526. The van der Waals surface area contributed by atoms with E-state index in [0.29, 0.717) is 18.7 Å². The van der Waals surface area contributed by atoms with Crippen LogP contribution < -0.4 is 0 Å². The number of esters is 1. The van der Waals surface area contributed by atoms with Crippen LogP contribution in [0.5, 0.6) is 0 Å². The zero-order valence-electron chi connectivity index (χ0n) is 16.6. The fraction of sp³-hybridized carbons (Fsp3) is 0.125. The van der Waals surface area contributed by atoms with Crippen molar-refractivity contribution in [1.29, 1.82) is 0 Å². The van der Waals surface area contributed by atoms with Gasteiger partial charge in [0, 0.05) is 17.1 Å². The first-order valence-electron chi connectivity index (χ1n) is 9.69. The number of thiazole rings is 1. The zero-order chi connectivity index (χ0) is 20.8. The lowest BCUT2D eigenvalue weighted by Crippen LogP contribution is -2.04. The largest absolute Gasteiger partial charge is 0.462 e. The van der Waals surface area contributed by atoms with E-state index in [1.165, 1.54) is 11.8 Å². The molecule has 4 aromatic rings. The maximum absolute atomic E-state index is 11.8. The number of ether oxygens (including phenoxy) is 1. The molecule has 2 aromatic carbocycles. The average molecular weight is 416 g/mol. The van der Waals surface area contributed by atoms with Crippen molar-refractivity contribution in [2.45, 2.75) is 13.5 Å². The Bertz CT molecular complexity index is 1160. The van der Waals surface area contributed by atoms with E-state index in [4.69, 9.17) is 9.72 Å². The lowest BCUT2D eigenvalue weighted by atomic mass is 10.1. The minimum Gasteiger partial charge on any atom is -0.462 e. The highest BCUT2D eigenvalue weighted by Gasteiger charge is 2.11. The first-order valence-corrected chi connectivity index (χ1v) is 10.6.